The third kappa shape index (κ3) is 3.82. The fraction of sp³-hybridized carbons (Fsp3) is 0.615. The van der Waals surface area contributed by atoms with Crippen molar-refractivity contribution in [2.24, 2.45) is 0 Å². The molecule has 2 rings (SSSR count). The van der Waals surface area contributed by atoms with Crippen LogP contribution in [-0.2, 0) is 11.3 Å². The molecule has 0 aromatic carbocycles. The molecule has 3 nitrogen and oxygen atoms in total. The lowest BCUT2D eigenvalue weighted by molar-refractivity contribution is -0.120. The van der Waals surface area contributed by atoms with Gasteiger partial charge in [0, 0.05) is 17.5 Å². The van der Waals surface area contributed by atoms with Crippen molar-refractivity contribution in [2.75, 3.05) is 6.54 Å². The highest BCUT2D eigenvalue weighted by Crippen LogP contribution is 2.17. The van der Waals surface area contributed by atoms with E-state index in [1.807, 2.05) is 0 Å². The molecule has 1 saturated carbocycles. The van der Waals surface area contributed by atoms with Crippen molar-refractivity contribution >= 4 is 17.2 Å². The Kier molecular flexibility index (Phi) is 4.57. The average molecular weight is 252 g/mol. The summed E-state index contributed by atoms with van der Waals surface area (Å²) >= 11 is 1.74. The number of carbonyl (C=O) groups is 1. The average Bonchev–Trinajstić information content (AvgIpc) is 2.91. The fourth-order valence-electron chi connectivity index (χ4n) is 2.22. The van der Waals surface area contributed by atoms with Crippen LogP contribution in [0, 0.1) is 6.92 Å². The molecule has 0 spiro atoms. The Morgan fingerprint density at radius 1 is 1.47 bits per heavy atom. The van der Waals surface area contributed by atoms with E-state index in [1.54, 1.807) is 11.3 Å². The minimum absolute atomic E-state index is 0.131. The largest absolute Gasteiger partial charge is 0.352 e. The monoisotopic (exact) mass is 252 g/mol. The maximum atomic E-state index is 11.6. The van der Waals surface area contributed by atoms with Crippen LogP contribution in [0.3, 0.4) is 0 Å². The van der Waals surface area contributed by atoms with Crippen LogP contribution in [0.5, 0.6) is 0 Å². The summed E-state index contributed by atoms with van der Waals surface area (Å²) in [4.78, 5) is 13.0. The Morgan fingerprint density at radius 2 is 2.24 bits per heavy atom. The van der Waals surface area contributed by atoms with E-state index in [2.05, 4.69) is 29.0 Å². The first-order valence-corrected chi connectivity index (χ1v) is 7.16. The fourth-order valence-corrected chi connectivity index (χ4v) is 3.10. The minimum Gasteiger partial charge on any atom is -0.352 e. The molecule has 94 valence electrons. The van der Waals surface area contributed by atoms with Gasteiger partial charge in [-0.25, -0.2) is 0 Å². The highest BCUT2D eigenvalue weighted by Gasteiger charge is 2.16. The van der Waals surface area contributed by atoms with Crippen molar-refractivity contribution in [1.82, 2.24) is 10.6 Å². The SMILES string of the molecule is Cc1ccsc1CNCC(=O)NC1CCCC1. The Hall–Kier alpha value is -0.870. The number of amides is 1. The molecule has 0 aliphatic heterocycles. The number of thiophene rings is 1. The Balaban J connectivity index is 1.64. The van der Waals surface area contributed by atoms with Crippen LogP contribution in [0.1, 0.15) is 36.1 Å². The smallest absolute Gasteiger partial charge is 0.234 e. The van der Waals surface area contributed by atoms with Crippen molar-refractivity contribution in [2.45, 2.75) is 45.2 Å². The number of nitrogens with one attached hydrogen (secondary N) is 2. The maximum absolute atomic E-state index is 11.6. The lowest BCUT2D eigenvalue weighted by Gasteiger charge is -2.12. The predicted octanol–water partition coefficient (Wildman–Crippen LogP) is 2.20. The summed E-state index contributed by atoms with van der Waals surface area (Å²) in [5.74, 6) is 0.131. The second-order valence-corrected chi connectivity index (χ2v) is 5.68. The van der Waals surface area contributed by atoms with Crippen LogP contribution >= 0.6 is 11.3 Å². The van der Waals surface area contributed by atoms with Crippen molar-refractivity contribution in [3.8, 4) is 0 Å². The summed E-state index contributed by atoms with van der Waals surface area (Å²) in [6, 6.07) is 2.54. The Bertz CT molecular complexity index is 369. The first kappa shape index (κ1) is 12.6. The third-order valence-corrected chi connectivity index (χ3v) is 4.28. The van der Waals surface area contributed by atoms with E-state index in [4.69, 9.17) is 0 Å². The van der Waals surface area contributed by atoms with Crippen LogP contribution in [-0.4, -0.2) is 18.5 Å². The first-order chi connectivity index (χ1) is 8.25. The second-order valence-electron chi connectivity index (χ2n) is 4.68. The molecule has 4 heteroatoms. The van der Waals surface area contributed by atoms with Gasteiger partial charge in [0.05, 0.1) is 6.54 Å². The molecule has 0 atom stereocenters. The number of hydrogen-bond donors (Lipinski definition) is 2. The molecular formula is C13H20N2OS. The zero-order chi connectivity index (χ0) is 12.1. The lowest BCUT2D eigenvalue weighted by Crippen LogP contribution is -2.38. The zero-order valence-corrected chi connectivity index (χ0v) is 11.1. The van der Waals surface area contributed by atoms with E-state index >= 15 is 0 Å². The van der Waals surface area contributed by atoms with E-state index in [9.17, 15) is 4.79 Å². The van der Waals surface area contributed by atoms with Gasteiger partial charge in [-0.05, 0) is 36.8 Å². The summed E-state index contributed by atoms with van der Waals surface area (Å²) < 4.78 is 0. The predicted molar refractivity (Wildman–Crippen MR) is 71.2 cm³/mol. The molecule has 1 aliphatic carbocycles. The van der Waals surface area contributed by atoms with Crippen molar-refractivity contribution in [3.05, 3.63) is 21.9 Å². The topological polar surface area (TPSA) is 41.1 Å². The van der Waals surface area contributed by atoms with E-state index in [0.717, 1.165) is 19.4 Å². The summed E-state index contributed by atoms with van der Waals surface area (Å²) in [5, 5.41) is 8.36. The molecule has 1 fully saturated rings. The van der Waals surface area contributed by atoms with Crippen molar-refractivity contribution in [3.63, 3.8) is 0 Å². The number of hydrogen-bond acceptors (Lipinski definition) is 3. The van der Waals surface area contributed by atoms with Gasteiger partial charge in [0.15, 0.2) is 0 Å². The Morgan fingerprint density at radius 3 is 2.88 bits per heavy atom. The number of aryl methyl sites for hydroxylation is 1. The van der Waals surface area contributed by atoms with Gasteiger partial charge >= 0.3 is 0 Å². The summed E-state index contributed by atoms with van der Waals surface area (Å²) in [6.45, 7) is 3.32. The van der Waals surface area contributed by atoms with Crippen molar-refractivity contribution in [1.29, 1.82) is 0 Å². The highest BCUT2D eigenvalue weighted by molar-refractivity contribution is 7.10. The van der Waals surface area contributed by atoms with Crippen LogP contribution in [0.25, 0.3) is 0 Å². The summed E-state index contributed by atoms with van der Waals surface area (Å²) in [6.07, 6.45) is 4.81. The van der Waals surface area contributed by atoms with Crippen LogP contribution < -0.4 is 10.6 Å². The molecule has 0 unspecified atom stereocenters. The molecule has 0 radical (unpaired) electrons. The molecular weight excluding hydrogens is 232 g/mol. The van der Waals surface area contributed by atoms with Gasteiger partial charge in [-0.2, -0.15) is 0 Å². The highest BCUT2D eigenvalue weighted by atomic mass is 32.1. The third-order valence-electron chi connectivity index (χ3n) is 3.26. The second kappa shape index (κ2) is 6.17. The van der Waals surface area contributed by atoms with Crippen LogP contribution in [0.15, 0.2) is 11.4 Å². The molecule has 1 aromatic heterocycles. The Labute approximate surface area is 107 Å². The van der Waals surface area contributed by atoms with Gasteiger partial charge in [-0.3, -0.25) is 4.79 Å². The summed E-state index contributed by atoms with van der Waals surface area (Å²) in [5.41, 5.74) is 1.30. The van der Waals surface area contributed by atoms with Gasteiger partial charge in [-0.15, -0.1) is 11.3 Å². The van der Waals surface area contributed by atoms with Gasteiger partial charge in [0.25, 0.3) is 0 Å². The molecule has 0 bridgehead atoms. The van der Waals surface area contributed by atoms with Crippen molar-refractivity contribution < 1.29 is 4.79 Å². The molecule has 0 saturated heterocycles. The summed E-state index contributed by atoms with van der Waals surface area (Å²) in [7, 11) is 0. The standard InChI is InChI=1S/C13H20N2OS/c1-10-6-7-17-12(10)8-14-9-13(16)15-11-4-2-3-5-11/h6-7,11,14H,2-5,8-9H2,1H3,(H,15,16). The van der Waals surface area contributed by atoms with Gasteiger partial charge in [0.2, 0.25) is 5.91 Å². The molecule has 1 heterocycles. The van der Waals surface area contributed by atoms with E-state index < -0.39 is 0 Å². The normalized spacial score (nSPS) is 16.3. The van der Waals surface area contributed by atoms with E-state index in [1.165, 1.54) is 23.3 Å². The van der Waals surface area contributed by atoms with Gasteiger partial charge in [0.1, 0.15) is 0 Å². The number of rotatable bonds is 5. The van der Waals surface area contributed by atoms with E-state index in [-0.39, 0.29) is 5.91 Å². The molecule has 1 aromatic rings. The minimum atomic E-state index is 0.131. The van der Waals surface area contributed by atoms with Crippen LogP contribution in [0.2, 0.25) is 0 Å². The molecule has 1 aliphatic rings. The zero-order valence-electron chi connectivity index (χ0n) is 10.3. The quantitative estimate of drug-likeness (QED) is 0.843. The molecule has 2 N–H and O–H groups in total. The number of carbonyl (C=O) groups excluding carboxylic acids is 1. The molecule has 1 amide bonds. The maximum Gasteiger partial charge on any atom is 0.234 e. The van der Waals surface area contributed by atoms with Crippen LogP contribution in [0.4, 0.5) is 0 Å². The van der Waals surface area contributed by atoms with E-state index in [0.29, 0.717) is 12.6 Å². The van der Waals surface area contributed by atoms with Gasteiger partial charge < -0.3 is 10.6 Å². The lowest BCUT2D eigenvalue weighted by atomic mass is 10.2. The first-order valence-electron chi connectivity index (χ1n) is 6.29. The molecule has 17 heavy (non-hydrogen) atoms. The van der Waals surface area contributed by atoms with Gasteiger partial charge in [-0.1, -0.05) is 12.8 Å².